The lowest BCUT2D eigenvalue weighted by molar-refractivity contribution is -0.111. The molecule has 3 nitrogen and oxygen atoms in total. The van der Waals surface area contributed by atoms with E-state index in [-0.39, 0.29) is 5.91 Å². The summed E-state index contributed by atoms with van der Waals surface area (Å²) in [5, 5.41) is 5.43. The second kappa shape index (κ2) is 7.84. The summed E-state index contributed by atoms with van der Waals surface area (Å²) in [5.74, 6) is -0.0465. The van der Waals surface area contributed by atoms with Crippen molar-refractivity contribution in [3.05, 3.63) is 77.4 Å². The van der Waals surface area contributed by atoms with Crippen molar-refractivity contribution in [1.82, 2.24) is 4.90 Å². The highest BCUT2D eigenvalue weighted by Crippen LogP contribution is 2.36. The van der Waals surface area contributed by atoms with E-state index < -0.39 is 0 Å². The quantitative estimate of drug-likeness (QED) is 0.644. The summed E-state index contributed by atoms with van der Waals surface area (Å²) in [6.45, 7) is 3.59. The highest BCUT2D eigenvalue weighted by atomic mass is 16.1. The van der Waals surface area contributed by atoms with Crippen LogP contribution in [-0.4, -0.2) is 30.4 Å². The van der Waals surface area contributed by atoms with Gasteiger partial charge in [0.2, 0.25) is 0 Å². The number of amides is 1. The van der Waals surface area contributed by atoms with E-state index >= 15 is 0 Å². The second-order valence-corrected chi connectivity index (χ2v) is 8.11. The minimum Gasteiger partial charge on any atom is -0.322 e. The first-order chi connectivity index (χ1) is 14.3. The van der Waals surface area contributed by atoms with Crippen molar-refractivity contribution in [3.63, 3.8) is 0 Å². The Morgan fingerprint density at radius 1 is 0.897 bits per heavy atom. The Morgan fingerprint density at radius 3 is 2.45 bits per heavy atom. The molecule has 3 heteroatoms. The van der Waals surface area contributed by atoms with Gasteiger partial charge in [-0.3, -0.25) is 4.79 Å². The van der Waals surface area contributed by atoms with Crippen molar-refractivity contribution in [2.75, 3.05) is 25.0 Å². The number of carbonyl (C=O) groups is 1. The normalized spacial score (nSPS) is 16.1. The molecule has 0 bridgehead atoms. The molecule has 1 aliphatic carbocycles. The van der Waals surface area contributed by atoms with Crippen LogP contribution in [0.15, 0.2) is 60.7 Å². The van der Waals surface area contributed by atoms with Crippen molar-refractivity contribution in [1.29, 1.82) is 0 Å². The van der Waals surface area contributed by atoms with Crippen LogP contribution in [0, 0.1) is 0 Å². The molecule has 146 valence electrons. The maximum atomic E-state index is 13.0. The van der Waals surface area contributed by atoms with E-state index in [4.69, 9.17) is 0 Å². The molecule has 2 aliphatic rings. The third-order valence-electron chi connectivity index (χ3n) is 6.15. The predicted molar refractivity (Wildman–Crippen MR) is 121 cm³/mol. The molecule has 1 heterocycles. The maximum absolute atomic E-state index is 13.0. The van der Waals surface area contributed by atoms with Gasteiger partial charge in [0.05, 0.1) is 0 Å². The fourth-order valence-electron chi connectivity index (χ4n) is 4.56. The summed E-state index contributed by atoms with van der Waals surface area (Å²) in [6.07, 6.45) is 7.11. The van der Waals surface area contributed by atoms with Gasteiger partial charge in [0.25, 0.3) is 5.91 Å². The zero-order chi connectivity index (χ0) is 19.6. The van der Waals surface area contributed by atoms with Crippen molar-refractivity contribution >= 4 is 34.0 Å². The van der Waals surface area contributed by atoms with Gasteiger partial charge >= 0.3 is 0 Å². The summed E-state index contributed by atoms with van der Waals surface area (Å²) in [7, 11) is 0. The van der Waals surface area contributed by atoms with Crippen molar-refractivity contribution in [2.24, 2.45) is 0 Å². The van der Waals surface area contributed by atoms with Gasteiger partial charge in [-0.15, -0.1) is 0 Å². The molecule has 0 aromatic heterocycles. The van der Waals surface area contributed by atoms with Gasteiger partial charge in [0.1, 0.15) is 0 Å². The van der Waals surface area contributed by atoms with Gasteiger partial charge in [0, 0.05) is 17.8 Å². The molecular formula is C26H26N2O. The molecule has 0 spiro atoms. The maximum Gasteiger partial charge on any atom is 0.256 e. The third kappa shape index (κ3) is 3.70. The Bertz CT molecular complexity index is 1070. The number of hydrogen-bond donors (Lipinski definition) is 1. The van der Waals surface area contributed by atoms with Gasteiger partial charge in [-0.25, -0.2) is 0 Å². The number of benzene rings is 3. The van der Waals surface area contributed by atoms with E-state index in [0.29, 0.717) is 0 Å². The minimum atomic E-state index is -0.0465. The first kappa shape index (κ1) is 18.1. The monoisotopic (exact) mass is 382 g/mol. The van der Waals surface area contributed by atoms with Crippen molar-refractivity contribution in [3.8, 4) is 0 Å². The van der Waals surface area contributed by atoms with Crippen LogP contribution in [0.4, 0.5) is 5.69 Å². The lowest BCUT2D eigenvalue weighted by Gasteiger charge is -2.26. The largest absolute Gasteiger partial charge is 0.322 e. The second-order valence-electron chi connectivity index (χ2n) is 8.11. The summed E-state index contributed by atoms with van der Waals surface area (Å²) < 4.78 is 0. The fourth-order valence-corrected chi connectivity index (χ4v) is 4.56. The molecule has 5 rings (SSSR count). The van der Waals surface area contributed by atoms with E-state index in [1.807, 2.05) is 36.4 Å². The first-order valence-electron chi connectivity index (χ1n) is 10.6. The van der Waals surface area contributed by atoms with E-state index in [1.165, 1.54) is 48.7 Å². The first-order valence-corrected chi connectivity index (χ1v) is 10.6. The molecule has 0 radical (unpaired) electrons. The zero-order valence-electron chi connectivity index (χ0n) is 16.7. The molecule has 1 amide bonds. The SMILES string of the molecule is O=C(Nc1ccc(CCN2CCCCC2)cc1)C1=Cc2cccc3cccc1c23. The number of hydrogen-bond acceptors (Lipinski definition) is 2. The van der Waals surface area contributed by atoms with Crippen LogP contribution in [0.3, 0.4) is 0 Å². The zero-order valence-corrected chi connectivity index (χ0v) is 16.7. The molecule has 29 heavy (non-hydrogen) atoms. The average Bonchev–Trinajstić information content (AvgIpc) is 3.15. The molecular weight excluding hydrogens is 356 g/mol. The molecule has 1 fully saturated rings. The van der Waals surface area contributed by atoms with E-state index in [2.05, 4.69) is 40.5 Å². The Morgan fingerprint density at radius 2 is 1.66 bits per heavy atom. The molecule has 0 unspecified atom stereocenters. The van der Waals surface area contributed by atoms with Gasteiger partial charge in [-0.05, 0) is 78.0 Å². The van der Waals surface area contributed by atoms with Crippen LogP contribution >= 0.6 is 0 Å². The van der Waals surface area contributed by atoms with Crippen LogP contribution in [0.5, 0.6) is 0 Å². The number of piperidine rings is 1. The number of anilines is 1. The molecule has 3 aromatic carbocycles. The van der Waals surface area contributed by atoms with E-state index in [1.54, 1.807) is 0 Å². The number of carbonyl (C=O) groups excluding carboxylic acids is 1. The Balaban J connectivity index is 1.25. The molecule has 1 saturated heterocycles. The van der Waals surface area contributed by atoms with Gasteiger partial charge in [-0.2, -0.15) is 0 Å². The minimum absolute atomic E-state index is 0.0465. The van der Waals surface area contributed by atoms with Crippen LogP contribution in [0.25, 0.3) is 22.4 Å². The molecule has 0 saturated carbocycles. The van der Waals surface area contributed by atoms with Crippen molar-refractivity contribution < 1.29 is 4.79 Å². The molecule has 1 N–H and O–H groups in total. The highest BCUT2D eigenvalue weighted by molar-refractivity contribution is 6.34. The summed E-state index contributed by atoms with van der Waals surface area (Å²) >= 11 is 0. The molecule has 0 atom stereocenters. The van der Waals surface area contributed by atoms with Crippen LogP contribution in [-0.2, 0) is 11.2 Å². The summed E-state index contributed by atoms with van der Waals surface area (Å²) in [6, 6.07) is 20.7. The smallest absolute Gasteiger partial charge is 0.256 e. The standard InChI is InChI=1S/C26H26N2O/c29-26(24-18-21-8-4-6-20-7-5-9-23(24)25(20)21)27-22-12-10-19(11-13-22)14-17-28-15-2-1-3-16-28/h4-13,18H,1-3,14-17H2,(H,27,29). The van der Waals surface area contributed by atoms with Gasteiger partial charge < -0.3 is 10.2 Å². The Kier molecular flexibility index (Phi) is 4.91. The number of nitrogens with one attached hydrogen (secondary N) is 1. The predicted octanol–water partition coefficient (Wildman–Crippen LogP) is 5.36. The third-order valence-corrected chi connectivity index (χ3v) is 6.15. The van der Waals surface area contributed by atoms with Gasteiger partial charge in [0.15, 0.2) is 0 Å². The number of nitrogens with zero attached hydrogens (tertiary/aromatic N) is 1. The Hall–Kier alpha value is -2.91. The van der Waals surface area contributed by atoms with Crippen molar-refractivity contribution in [2.45, 2.75) is 25.7 Å². The van der Waals surface area contributed by atoms with Crippen LogP contribution in [0.1, 0.15) is 36.0 Å². The van der Waals surface area contributed by atoms with Crippen LogP contribution in [0.2, 0.25) is 0 Å². The fraction of sp³-hybridized carbons (Fsp3) is 0.269. The van der Waals surface area contributed by atoms with Gasteiger partial charge in [-0.1, -0.05) is 55.0 Å². The molecule has 1 aliphatic heterocycles. The van der Waals surface area contributed by atoms with E-state index in [0.717, 1.165) is 35.4 Å². The number of likely N-dealkylation sites (tertiary alicyclic amines) is 1. The Labute approximate surface area is 172 Å². The average molecular weight is 383 g/mol. The van der Waals surface area contributed by atoms with Crippen LogP contribution < -0.4 is 5.32 Å². The van der Waals surface area contributed by atoms with E-state index in [9.17, 15) is 4.79 Å². The lowest BCUT2D eigenvalue weighted by atomic mass is 10.0. The molecule has 3 aromatic rings. The number of rotatable bonds is 5. The highest BCUT2D eigenvalue weighted by Gasteiger charge is 2.21. The summed E-state index contributed by atoms with van der Waals surface area (Å²) in [4.78, 5) is 15.5. The summed E-state index contributed by atoms with van der Waals surface area (Å²) in [5.41, 5.74) is 5.06. The lowest BCUT2D eigenvalue weighted by Crippen LogP contribution is -2.31. The topological polar surface area (TPSA) is 32.3 Å².